The molecule has 2 saturated heterocycles. The Labute approximate surface area is 222 Å². The third-order valence-corrected chi connectivity index (χ3v) is 9.51. The SMILES string of the molecule is O=C(NCc1ccc2c(c1)OCO2)C1CCCN(c2ccc3cc(S(=O)(=O)N4CCCCC4)ccc3n2)C1. The number of aromatic nitrogens is 1. The predicted molar refractivity (Wildman–Crippen MR) is 144 cm³/mol. The van der Waals surface area contributed by atoms with E-state index < -0.39 is 10.0 Å². The largest absolute Gasteiger partial charge is 0.454 e. The van der Waals surface area contributed by atoms with Crippen molar-refractivity contribution < 1.29 is 22.7 Å². The van der Waals surface area contributed by atoms with Gasteiger partial charge < -0.3 is 19.7 Å². The van der Waals surface area contributed by atoms with Gasteiger partial charge in [0.15, 0.2) is 11.5 Å². The monoisotopic (exact) mass is 536 g/mol. The number of rotatable bonds is 6. The molecule has 1 aromatic heterocycles. The second-order valence-corrected chi connectivity index (χ2v) is 12.1. The van der Waals surface area contributed by atoms with Crippen LogP contribution < -0.4 is 19.7 Å². The molecule has 200 valence electrons. The molecule has 6 rings (SSSR count). The van der Waals surface area contributed by atoms with Crippen LogP contribution in [0.25, 0.3) is 10.9 Å². The van der Waals surface area contributed by atoms with Crippen LogP contribution in [-0.4, -0.2) is 56.6 Å². The molecule has 0 radical (unpaired) electrons. The van der Waals surface area contributed by atoms with Gasteiger partial charge in [0.1, 0.15) is 5.82 Å². The molecule has 9 nitrogen and oxygen atoms in total. The lowest BCUT2D eigenvalue weighted by molar-refractivity contribution is -0.125. The van der Waals surface area contributed by atoms with Crippen molar-refractivity contribution >= 4 is 32.7 Å². The predicted octanol–water partition coefficient (Wildman–Crippen LogP) is 3.67. The van der Waals surface area contributed by atoms with Crippen molar-refractivity contribution in [2.24, 2.45) is 5.92 Å². The Kier molecular flexibility index (Phi) is 6.84. The Hall–Kier alpha value is -3.37. The molecule has 4 heterocycles. The van der Waals surface area contributed by atoms with Gasteiger partial charge in [0.2, 0.25) is 22.7 Å². The van der Waals surface area contributed by atoms with Gasteiger partial charge in [-0.1, -0.05) is 12.5 Å². The lowest BCUT2D eigenvalue weighted by Gasteiger charge is -2.33. The number of hydrogen-bond donors (Lipinski definition) is 1. The lowest BCUT2D eigenvalue weighted by Crippen LogP contribution is -2.43. The second kappa shape index (κ2) is 10.4. The van der Waals surface area contributed by atoms with Crippen LogP contribution in [0.5, 0.6) is 11.5 Å². The van der Waals surface area contributed by atoms with Gasteiger partial charge in [0, 0.05) is 38.1 Å². The summed E-state index contributed by atoms with van der Waals surface area (Å²) >= 11 is 0. The van der Waals surface area contributed by atoms with E-state index in [2.05, 4.69) is 10.2 Å². The summed E-state index contributed by atoms with van der Waals surface area (Å²) < 4.78 is 38.5. The molecule has 3 aliphatic heterocycles. The number of carbonyl (C=O) groups is 1. The molecule has 0 spiro atoms. The van der Waals surface area contributed by atoms with E-state index in [1.165, 1.54) is 0 Å². The topological polar surface area (TPSA) is 101 Å². The van der Waals surface area contributed by atoms with Crippen molar-refractivity contribution in [3.63, 3.8) is 0 Å². The highest BCUT2D eigenvalue weighted by atomic mass is 32.2. The van der Waals surface area contributed by atoms with Crippen molar-refractivity contribution in [3.05, 3.63) is 54.1 Å². The van der Waals surface area contributed by atoms with Crippen molar-refractivity contribution in [2.45, 2.75) is 43.5 Å². The van der Waals surface area contributed by atoms with Crippen LogP contribution in [0.2, 0.25) is 0 Å². The molecule has 1 unspecified atom stereocenters. The molecule has 1 atom stereocenters. The van der Waals surface area contributed by atoms with Crippen LogP contribution in [0.4, 0.5) is 5.82 Å². The standard InChI is InChI=1S/C28H32N4O5S/c33-28(29-17-20-6-10-25-26(15-20)37-19-36-25)22-5-4-12-31(18-22)27-11-7-21-16-23(8-9-24(21)30-27)38(34,35)32-13-2-1-3-14-32/h6-11,15-16,22H,1-5,12-14,17-19H2,(H,29,33). The number of nitrogens with one attached hydrogen (secondary N) is 1. The minimum atomic E-state index is -3.49. The number of benzene rings is 2. The fraction of sp³-hybridized carbons (Fsp3) is 0.429. The normalized spacial score (nSPS) is 20.0. The van der Waals surface area contributed by atoms with Gasteiger partial charge in [-0.2, -0.15) is 4.31 Å². The quantitative estimate of drug-likeness (QED) is 0.513. The van der Waals surface area contributed by atoms with E-state index in [0.717, 1.165) is 66.7 Å². The molecule has 2 fully saturated rings. The van der Waals surface area contributed by atoms with E-state index in [9.17, 15) is 13.2 Å². The summed E-state index contributed by atoms with van der Waals surface area (Å²) in [5, 5.41) is 3.86. The van der Waals surface area contributed by atoms with Gasteiger partial charge in [-0.25, -0.2) is 13.4 Å². The van der Waals surface area contributed by atoms with Gasteiger partial charge in [0.05, 0.1) is 16.3 Å². The Balaban J connectivity index is 1.12. The zero-order valence-electron chi connectivity index (χ0n) is 21.3. The Bertz CT molecular complexity index is 1450. The Morgan fingerprint density at radius 3 is 2.66 bits per heavy atom. The molecule has 1 amide bonds. The summed E-state index contributed by atoms with van der Waals surface area (Å²) in [5.41, 5.74) is 1.71. The molecule has 3 aromatic rings. The molecule has 3 aliphatic rings. The summed E-state index contributed by atoms with van der Waals surface area (Å²) in [5.74, 6) is 2.13. The summed E-state index contributed by atoms with van der Waals surface area (Å²) in [4.78, 5) is 20.3. The van der Waals surface area contributed by atoms with E-state index in [0.29, 0.717) is 36.8 Å². The fourth-order valence-corrected chi connectivity index (χ4v) is 7.02. The Morgan fingerprint density at radius 1 is 0.947 bits per heavy atom. The van der Waals surface area contributed by atoms with Crippen molar-refractivity contribution in [1.82, 2.24) is 14.6 Å². The average Bonchev–Trinajstić information content (AvgIpc) is 3.44. The van der Waals surface area contributed by atoms with Gasteiger partial charge >= 0.3 is 0 Å². The maximum Gasteiger partial charge on any atom is 0.243 e. The van der Waals surface area contributed by atoms with E-state index >= 15 is 0 Å². The van der Waals surface area contributed by atoms with Gasteiger partial charge in [-0.3, -0.25) is 4.79 Å². The number of fused-ring (bicyclic) bond motifs is 2. The number of pyridine rings is 1. The Morgan fingerprint density at radius 2 is 1.79 bits per heavy atom. The first kappa shape index (κ1) is 24.9. The molecular formula is C28H32N4O5S. The lowest BCUT2D eigenvalue weighted by atomic mass is 9.97. The molecule has 38 heavy (non-hydrogen) atoms. The number of amides is 1. The molecular weight excluding hydrogens is 504 g/mol. The fourth-order valence-electron chi connectivity index (χ4n) is 5.47. The maximum atomic E-state index is 13.1. The highest BCUT2D eigenvalue weighted by molar-refractivity contribution is 7.89. The summed E-state index contributed by atoms with van der Waals surface area (Å²) in [6.07, 6.45) is 4.62. The first-order chi connectivity index (χ1) is 18.5. The smallest absolute Gasteiger partial charge is 0.243 e. The molecule has 0 aliphatic carbocycles. The third kappa shape index (κ3) is 5.02. The van der Waals surface area contributed by atoms with E-state index in [1.54, 1.807) is 22.5 Å². The number of nitrogens with zero attached hydrogens (tertiary/aromatic N) is 3. The van der Waals surface area contributed by atoms with Crippen LogP contribution in [0.15, 0.2) is 53.4 Å². The number of sulfonamides is 1. The van der Waals surface area contributed by atoms with Crippen molar-refractivity contribution in [3.8, 4) is 11.5 Å². The molecule has 0 saturated carbocycles. The number of hydrogen-bond acceptors (Lipinski definition) is 7. The number of carbonyl (C=O) groups excluding carboxylic acids is 1. The minimum Gasteiger partial charge on any atom is -0.454 e. The number of anilines is 1. The first-order valence-corrected chi connectivity index (χ1v) is 14.7. The van der Waals surface area contributed by atoms with E-state index in [4.69, 9.17) is 14.5 Å². The zero-order valence-corrected chi connectivity index (χ0v) is 22.1. The van der Waals surface area contributed by atoms with Crippen LogP contribution >= 0.6 is 0 Å². The molecule has 1 N–H and O–H groups in total. The summed E-state index contributed by atoms with van der Waals surface area (Å²) in [6, 6.07) is 14.7. The number of piperidine rings is 2. The second-order valence-electron chi connectivity index (χ2n) is 10.2. The first-order valence-electron chi connectivity index (χ1n) is 13.3. The minimum absolute atomic E-state index is 0.0284. The van der Waals surface area contributed by atoms with Gasteiger partial charge in [0.25, 0.3) is 0 Å². The van der Waals surface area contributed by atoms with Gasteiger partial charge in [-0.15, -0.1) is 0 Å². The zero-order chi connectivity index (χ0) is 26.1. The maximum absolute atomic E-state index is 13.1. The van der Waals surface area contributed by atoms with Crippen LogP contribution in [0, 0.1) is 5.92 Å². The number of ether oxygens (including phenoxy) is 2. The van der Waals surface area contributed by atoms with Crippen molar-refractivity contribution in [2.75, 3.05) is 37.9 Å². The highest BCUT2D eigenvalue weighted by Crippen LogP contribution is 2.32. The van der Waals surface area contributed by atoms with Crippen LogP contribution in [0.3, 0.4) is 0 Å². The summed E-state index contributed by atoms with van der Waals surface area (Å²) in [7, 11) is -3.49. The molecule has 0 bridgehead atoms. The highest BCUT2D eigenvalue weighted by Gasteiger charge is 2.28. The summed E-state index contributed by atoms with van der Waals surface area (Å²) in [6.45, 7) is 3.24. The third-order valence-electron chi connectivity index (χ3n) is 7.62. The van der Waals surface area contributed by atoms with E-state index in [-0.39, 0.29) is 18.6 Å². The van der Waals surface area contributed by atoms with E-state index in [1.807, 2.05) is 30.3 Å². The molecule has 2 aromatic carbocycles. The molecule has 10 heteroatoms. The van der Waals surface area contributed by atoms with Crippen molar-refractivity contribution in [1.29, 1.82) is 0 Å². The average molecular weight is 537 g/mol. The van der Waals surface area contributed by atoms with Gasteiger partial charge in [-0.05, 0) is 73.7 Å². The van der Waals surface area contributed by atoms with Crippen LogP contribution in [0.1, 0.15) is 37.7 Å². The van der Waals surface area contributed by atoms with Crippen LogP contribution in [-0.2, 0) is 21.4 Å².